The van der Waals surface area contributed by atoms with E-state index in [-0.39, 0.29) is 12.0 Å². The molecule has 0 atom stereocenters. The summed E-state index contributed by atoms with van der Waals surface area (Å²) in [5.74, 6) is 0.0661. The van der Waals surface area contributed by atoms with Gasteiger partial charge in [-0.2, -0.15) is 5.10 Å². The first kappa shape index (κ1) is 15.8. The Labute approximate surface area is 146 Å². The van der Waals surface area contributed by atoms with Crippen molar-refractivity contribution in [3.63, 3.8) is 0 Å². The first-order chi connectivity index (χ1) is 12.3. The van der Waals surface area contributed by atoms with E-state index in [2.05, 4.69) is 22.3 Å². The monoisotopic (exact) mass is 335 g/mol. The molecule has 1 aliphatic heterocycles. The third kappa shape index (κ3) is 3.42. The van der Waals surface area contributed by atoms with Gasteiger partial charge in [-0.05, 0) is 24.5 Å². The number of amides is 1. The van der Waals surface area contributed by atoms with Crippen molar-refractivity contribution in [3.8, 4) is 0 Å². The fourth-order valence-corrected chi connectivity index (χ4v) is 3.33. The van der Waals surface area contributed by atoms with E-state index in [0.29, 0.717) is 12.2 Å². The number of carbonyl (C=O) groups excluding carboxylic acids is 1. The van der Waals surface area contributed by atoms with Crippen LogP contribution in [0.25, 0.3) is 10.9 Å². The highest BCUT2D eigenvalue weighted by molar-refractivity contribution is 6.05. The zero-order valence-electron chi connectivity index (χ0n) is 14.0. The molecule has 0 aliphatic carbocycles. The van der Waals surface area contributed by atoms with Crippen LogP contribution >= 0.6 is 0 Å². The molecule has 128 valence electrons. The van der Waals surface area contributed by atoms with E-state index >= 15 is 0 Å². The van der Waals surface area contributed by atoms with Gasteiger partial charge in [0.15, 0.2) is 0 Å². The maximum absolute atomic E-state index is 12.8. The Hall–Kier alpha value is -2.66. The molecule has 2 aromatic carbocycles. The Bertz CT molecular complexity index is 852. The number of likely N-dealkylation sites (tertiary alicyclic amines) is 1. The van der Waals surface area contributed by atoms with Crippen molar-refractivity contribution in [1.29, 1.82) is 0 Å². The van der Waals surface area contributed by atoms with Crippen molar-refractivity contribution in [1.82, 2.24) is 15.1 Å². The van der Waals surface area contributed by atoms with Crippen LogP contribution < -0.4 is 0 Å². The first-order valence-corrected chi connectivity index (χ1v) is 8.68. The number of aromatic amines is 1. The molecule has 5 nitrogen and oxygen atoms in total. The van der Waals surface area contributed by atoms with Gasteiger partial charge in [0.05, 0.1) is 30.0 Å². The van der Waals surface area contributed by atoms with Crippen LogP contribution in [0.15, 0.2) is 54.7 Å². The summed E-state index contributed by atoms with van der Waals surface area (Å²) in [6.45, 7) is 2.08. The van der Waals surface area contributed by atoms with Gasteiger partial charge in [0.1, 0.15) is 0 Å². The lowest BCUT2D eigenvalue weighted by Crippen LogP contribution is -2.40. The van der Waals surface area contributed by atoms with Crippen LogP contribution in [0.1, 0.15) is 28.8 Å². The van der Waals surface area contributed by atoms with Crippen LogP contribution in [0.2, 0.25) is 0 Å². The highest BCUT2D eigenvalue weighted by Gasteiger charge is 2.25. The SMILES string of the molecule is O=C(c1cccc2cn[nH]c12)N1CCC(OCc2ccccc2)CC1. The van der Waals surface area contributed by atoms with Gasteiger partial charge in [0.25, 0.3) is 5.91 Å². The second-order valence-corrected chi connectivity index (χ2v) is 6.43. The number of para-hydroxylation sites is 1. The number of fused-ring (bicyclic) bond motifs is 1. The molecule has 1 aliphatic rings. The third-order valence-electron chi connectivity index (χ3n) is 4.76. The maximum Gasteiger partial charge on any atom is 0.256 e. The first-order valence-electron chi connectivity index (χ1n) is 8.68. The maximum atomic E-state index is 12.8. The summed E-state index contributed by atoms with van der Waals surface area (Å²) in [4.78, 5) is 14.7. The summed E-state index contributed by atoms with van der Waals surface area (Å²) < 4.78 is 6.01. The number of benzene rings is 2. The molecule has 0 radical (unpaired) electrons. The third-order valence-corrected chi connectivity index (χ3v) is 4.76. The standard InChI is InChI=1S/C20H21N3O2/c24-20(18-8-4-7-16-13-21-22-19(16)18)23-11-9-17(10-12-23)25-14-15-5-2-1-3-6-15/h1-8,13,17H,9-12,14H2,(H,21,22). The van der Waals surface area contributed by atoms with Crippen LogP contribution in [-0.4, -0.2) is 40.2 Å². The van der Waals surface area contributed by atoms with E-state index in [4.69, 9.17) is 4.74 Å². The summed E-state index contributed by atoms with van der Waals surface area (Å²) >= 11 is 0. The quantitative estimate of drug-likeness (QED) is 0.795. The summed E-state index contributed by atoms with van der Waals surface area (Å²) in [7, 11) is 0. The van der Waals surface area contributed by atoms with Gasteiger partial charge >= 0.3 is 0 Å². The van der Waals surface area contributed by atoms with Crippen LogP contribution in [0.5, 0.6) is 0 Å². The zero-order chi connectivity index (χ0) is 17.1. The molecule has 1 N–H and O–H groups in total. The number of carbonyl (C=O) groups is 1. The number of nitrogens with one attached hydrogen (secondary N) is 1. The number of ether oxygens (including phenoxy) is 1. The summed E-state index contributed by atoms with van der Waals surface area (Å²) in [5.41, 5.74) is 2.69. The van der Waals surface area contributed by atoms with Crippen molar-refractivity contribution in [2.24, 2.45) is 0 Å². The Morgan fingerprint density at radius 3 is 2.72 bits per heavy atom. The second kappa shape index (κ2) is 7.07. The predicted octanol–water partition coefficient (Wildman–Crippen LogP) is 3.38. The zero-order valence-corrected chi connectivity index (χ0v) is 14.0. The highest BCUT2D eigenvalue weighted by Crippen LogP contribution is 2.21. The number of hydrogen-bond donors (Lipinski definition) is 1. The van der Waals surface area contributed by atoms with Crippen LogP contribution in [0.3, 0.4) is 0 Å². The van der Waals surface area contributed by atoms with E-state index in [1.807, 2.05) is 41.3 Å². The van der Waals surface area contributed by atoms with Gasteiger partial charge in [-0.15, -0.1) is 0 Å². The fraction of sp³-hybridized carbons (Fsp3) is 0.300. The Kier molecular flexibility index (Phi) is 4.48. The minimum absolute atomic E-state index is 0.0661. The Morgan fingerprint density at radius 1 is 1.12 bits per heavy atom. The molecule has 0 saturated carbocycles. The molecule has 1 amide bonds. The van der Waals surface area contributed by atoms with Crippen molar-refractivity contribution in [3.05, 3.63) is 65.9 Å². The Morgan fingerprint density at radius 2 is 1.92 bits per heavy atom. The number of aromatic nitrogens is 2. The van der Waals surface area contributed by atoms with Crippen LogP contribution in [0.4, 0.5) is 0 Å². The molecule has 4 rings (SSSR count). The van der Waals surface area contributed by atoms with Gasteiger partial charge < -0.3 is 9.64 Å². The van der Waals surface area contributed by atoms with E-state index in [9.17, 15) is 4.79 Å². The minimum Gasteiger partial charge on any atom is -0.373 e. The molecule has 1 saturated heterocycles. The largest absolute Gasteiger partial charge is 0.373 e. The lowest BCUT2D eigenvalue weighted by Gasteiger charge is -2.32. The van der Waals surface area contributed by atoms with Gasteiger partial charge in [-0.1, -0.05) is 42.5 Å². The van der Waals surface area contributed by atoms with E-state index in [0.717, 1.165) is 36.8 Å². The van der Waals surface area contributed by atoms with Crippen LogP contribution in [-0.2, 0) is 11.3 Å². The predicted molar refractivity (Wildman–Crippen MR) is 96.3 cm³/mol. The van der Waals surface area contributed by atoms with Gasteiger partial charge in [0, 0.05) is 18.5 Å². The minimum atomic E-state index is 0.0661. The molecule has 0 bridgehead atoms. The van der Waals surface area contributed by atoms with E-state index < -0.39 is 0 Å². The molecule has 0 spiro atoms. The molecular formula is C20H21N3O2. The molecule has 2 heterocycles. The molecule has 3 aromatic rings. The number of H-pyrrole nitrogens is 1. The normalized spacial score (nSPS) is 15.6. The molecular weight excluding hydrogens is 314 g/mol. The molecule has 1 aromatic heterocycles. The highest BCUT2D eigenvalue weighted by atomic mass is 16.5. The number of piperidine rings is 1. The lowest BCUT2D eigenvalue weighted by atomic mass is 10.0. The number of rotatable bonds is 4. The number of nitrogens with zero attached hydrogens (tertiary/aromatic N) is 2. The number of hydrogen-bond acceptors (Lipinski definition) is 3. The smallest absolute Gasteiger partial charge is 0.256 e. The molecule has 1 fully saturated rings. The van der Waals surface area contributed by atoms with Crippen molar-refractivity contribution >= 4 is 16.8 Å². The van der Waals surface area contributed by atoms with E-state index in [1.165, 1.54) is 5.56 Å². The summed E-state index contributed by atoms with van der Waals surface area (Å²) in [5, 5.41) is 7.94. The fourth-order valence-electron chi connectivity index (χ4n) is 3.33. The average molecular weight is 335 g/mol. The van der Waals surface area contributed by atoms with Gasteiger partial charge in [0.2, 0.25) is 0 Å². The lowest BCUT2D eigenvalue weighted by molar-refractivity contribution is -0.000339. The molecule has 5 heteroatoms. The van der Waals surface area contributed by atoms with Crippen molar-refractivity contribution in [2.75, 3.05) is 13.1 Å². The average Bonchev–Trinajstić information content (AvgIpc) is 3.16. The van der Waals surface area contributed by atoms with Gasteiger partial charge in [-0.25, -0.2) is 0 Å². The molecule has 25 heavy (non-hydrogen) atoms. The van der Waals surface area contributed by atoms with Crippen LogP contribution in [0, 0.1) is 0 Å². The van der Waals surface area contributed by atoms with Crippen molar-refractivity contribution < 1.29 is 9.53 Å². The summed E-state index contributed by atoms with van der Waals surface area (Å²) in [6, 6.07) is 15.9. The summed E-state index contributed by atoms with van der Waals surface area (Å²) in [6.07, 6.45) is 3.71. The second-order valence-electron chi connectivity index (χ2n) is 6.43. The topological polar surface area (TPSA) is 58.2 Å². The van der Waals surface area contributed by atoms with Gasteiger partial charge in [-0.3, -0.25) is 9.89 Å². The van der Waals surface area contributed by atoms with Crippen molar-refractivity contribution in [2.45, 2.75) is 25.6 Å². The van der Waals surface area contributed by atoms with E-state index in [1.54, 1.807) is 6.20 Å². The Balaban J connectivity index is 1.35. The molecule has 0 unspecified atom stereocenters.